The van der Waals surface area contributed by atoms with Crippen LogP contribution >= 0.6 is 0 Å². The van der Waals surface area contributed by atoms with Crippen molar-refractivity contribution in [2.75, 3.05) is 0 Å². The van der Waals surface area contributed by atoms with Gasteiger partial charge in [0.25, 0.3) is 5.91 Å². The molecule has 1 amide bonds. The second-order valence-electron chi connectivity index (χ2n) is 5.81. The fraction of sp³-hybridized carbons (Fsp3) is 0.176. The number of carbonyl (C=O) groups is 1. The molecule has 0 unspecified atom stereocenters. The molecular weight excluding hydrogens is 304 g/mol. The van der Waals surface area contributed by atoms with E-state index in [0.717, 1.165) is 17.7 Å². The fourth-order valence-electron chi connectivity index (χ4n) is 3.06. The summed E-state index contributed by atoms with van der Waals surface area (Å²) in [4.78, 5) is 12.5. The summed E-state index contributed by atoms with van der Waals surface area (Å²) in [5.74, 6) is -0.133. The SMILES string of the molecule is N[C@H]1c2ccccc2C[C@@H]1NC(=O)c1ccc(-n2cnnn2)cc1. The Morgan fingerprint density at radius 1 is 1.17 bits per heavy atom. The summed E-state index contributed by atoms with van der Waals surface area (Å²) in [5.41, 5.74) is 9.94. The molecule has 1 aromatic heterocycles. The van der Waals surface area contributed by atoms with Crippen LogP contribution in [0.4, 0.5) is 0 Å². The summed E-state index contributed by atoms with van der Waals surface area (Å²) < 4.78 is 1.53. The molecule has 7 nitrogen and oxygen atoms in total. The second kappa shape index (κ2) is 5.86. The molecule has 2 atom stereocenters. The van der Waals surface area contributed by atoms with Gasteiger partial charge in [0.1, 0.15) is 6.33 Å². The van der Waals surface area contributed by atoms with Gasteiger partial charge in [-0.05, 0) is 52.2 Å². The smallest absolute Gasteiger partial charge is 0.251 e. The van der Waals surface area contributed by atoms with Crippen molar-refractivity contribution in [3.05, 3.63) is 71.5 Å². The molecule has 1 aliphatic carbocycles. The van der Waals surface area contributed by atoms with Crippen molar-refractivity contribution in [1.82, 2.24) is 25.5 Å². The van der Waals surface area contributed by atoms with Crippen LogP contribution in [-0.4, -0.2) is 32.2 Å². The summed E-state index contributed by atoms with van der Waals surface area (Å²) in [6.07, 6.45) is 2.26. The number of benzene rings is 2. The van der Waals surface area contributed by atoms with Gasteiger partial charge >= 0.3 is 0 Å². The van der Waals surface area contributed by atoms with Gasteiger partial charge in [0.2, 0.25) is 0 Å². The standard InChI is InChI=1S/C17H16N6O/c18-16-14-4-2-1-3-12(14)9-15(16)20-17(24)11-5-7-13(8-6-11)23-10-19-21-22-23/h1-8,10,15-16H,9,18H2,(H,20,24)/t15-,16-/m0/s1. The minimum absolute atomic E-state index is 0.0888. The molecule has 1 aliphatic rings. The molecule has 0 radical (unpaired) electrons. The highest BCUT2D eigenvalue weighted by Crippen LogP contribution is 2.29. The minimum Gasteiger partial charge on any atom is -0.347 e. The van der Waals surface area contributed by atoms with Crippen LogP contribution in [0.2, 0.25) is 0 Å². The van der Waals surface area contributed by atoms with Gasteiger partial charge in [-0.1, -0.05) is 24.3 Å². The first-order valence-electron chi connectivity index (χ1n) is 7.70. The second-order valence-corrected chi connectivity index (χ2v) is 5.81. The number of nitrogens with zero attached hydrogens (tertiary/aromatic N) is 4. The number of nitrogens with one attached hydrogen (secondary N) is 1. The zero-order chi connectivity index (χ0) is 16.5. The van der Waals surface area contributed by atoms with Crippen molar-refractivity contribution in [2.45, 2.75) is 18.5 Å². The summed E-state index contributed by atoms with van der Waals surface area (Å²) >= 11 is 0. The first-order valence-corrected chi connectivity index (χ1v) is 7.70. The average molecular weight is 320 g/mol. The van der Waals surface area contributed by atoms with E-state index in [2.05, 4.69) is 26.9 Å². The summed E-state index contributed by atoms with van der Waals surface area (Å²) in [7, 11) is 0. The number of amides is 1. The third kappa shape index (κ3) is 2.55. The van der Waals surface area contributed by atoms with E-state index >= 15 is 0 Å². The molecule has 4 rings (SSSR count). The van der Waals surface area contributed by atoms with Crippen LogP contribution in [0.5, 0.6) is 0 Å². The lowest BCUT2D eigenvalue weighted by Gasteiger charge is -2.18. The quantitative estimate of drug-likeness (QED) is 0.750. The lowest BCUT2D eigenvalue weighted by molar-refractivity contribution is 0.0933. The normalized spacial score (nSPS) is 19.0. The third-order valence-electron chi connectivity index (χ3n) is 4.35. The Balaban J connectivity index is 1.47. The highest BCUT2D eigenvalue weighted by atomic mass is 16.1. The highest BCUT2D eigenvalue weighted by Gasteiger charge is 2.30. The Morgan fingerprint density at radius 3 is 2.67 bits per heavy atom. The molecule has 1 heterocycles. The maximum Gasteiger partial charge on any atom is 0.251 e. The molecule has 0 saturated carbocycles. The van der Waals surface area contributed by atoms with E-state index in [1.165, 1.54) is 16.6 Å². The molecule has 0 fully saturated rings. The van der Waals surface area contributed by atoms with Crippen molar-refractivity contribution in [3.8, 4) is 5.69 Å². The van der Waals surface area contributed by atoms with E-state index in [0.29, 0.717) is 5.56 Å². The van der Waals surface area contributed by atoms with E-state index in [1.807, 2.05) is 18.2 Å². The van der Waals surface area contributed by atoms with Crippen molar-refractivity contribution in [3.63, 3.8) is 0 Å². The summed E-state index contributed by atoms with van der Waals surface area (Å²) in [6.45, 7) is 0. The van der Waals surface area contributed by atoms with Crippen LogP contribution in [0.1, 0.15) is 27.5 Å². The van der Waals surface area contributed by atoms with Crippen molar-refractivity contribution >= 4 is 5.91 Å². The molecule has 3 N–H and O–H groups in total. The molecule has 0 saturated heterocycles. The number of aromatic nitrogens is 4. The van der Waals surface area contributed by atoms with Crippen LogP contribution in [0.3, 0.4) is 0 Å². The number of rotatable bonds is 3. The molecule has 3 aromatic rings. The molecule has 7 heteroatoms. The van der Waals surface area contributed by atoms with Gasteiger partial charge in [0.05, 0.1) is 17.8 Å². The molecule has 2 aromatic carbocycles. The lowest BCUT2D eigenvalue weighted by atomic mass is 10.1. The van der Waals surface area contributed by atoms with Gasteiger partial charge in [-0.3, -0.25) is 4.79 Å². The molecule has 0 aliphatic heterocycles. The monoisotopic (exact) mass is 320 g/mol. The zero-order valence-corrected chi connectivity index (χ0v) is 12.8. The van der Waals surface area contributed by atoms with Crippen LogP contribution in [0.15, 0.2) is 54.9 Å². The van der Waals surface area contributed by atoms with Gasteiger partial charge in [-0.25, -0.2) is 4.68 Å². The predicted octanol–water partition coefficient (Wildman–Crippen LogP) is 1.02. The van der Waals surface area contributed by atoms with Crippen LogP contribution in [0, 0.1) is 0 Å². The number of hydrogen-bond acceptors (Lipinski definition) is 5. The predicted molar refractivity (Wildman–Crippen MR) is 87.5 cm³/mol. The molecule has 0 bridgehead atoms. The molecule has 0 spiro atoms. The maximum absolute atomic E-state index is 12.5. The minimum atomic E-state index is -0.175. The van der Waals surface area contributed by atoms with Crippen molar-refractivity contribution in [2.24, 2.45) is 5.73 Å². The highest BCUT2D eigenvalue weighted by molar-refractivity contribution is 5.94. The van der Waals surface area contributed by atoms with Crippen molar-refractivity contribution < 1.29 is 4.79 Å². The Hall–Kier alpha value is -3.06. The first kappa shape index (κ1) is 14.5. The van der Waals surface area contributed by atoms with Crippen molar-refractivity contribution in [1.29, 1.82) is 0 Å². The van der Waals surface area contributed by atoms with Crippen LogP contribution < -0.4 is 11.1 Å². The Morgan fingerprint density at radius 2 is 1.96 bits per heavy atom. The van der Waals surface area contributed by atoms with Gasteiger partial charge < -0.3 is 11.1 Å². The third-order valence-corrected chi connectivity index (χ3v) is 4.35. The van der Waals surface area contributed by atoms with E-state index < -0.39 is 0 Å². The average Bonchev–Trinajstić information content (AvgIpc) is 3.25. The fourth-order valence-corrected chi connectivity index (χ4v) is 3.06. The molecular formula is C17H16N6O. The molecule has 120 valence electrons. The van der Waals surface area contributed by atoms with Crippen LogP contribution in [0.25, 0.3) is 5.69 Å². The van der Waals surface area contributed by atoms with Gasteiger partial charge in [0.15, 0.2) is 0 Å². The number of hydrogen-bond donors (Lipinski definition) is 2. The van der Waals surface area contributed by atoms with Crippen LogP contribution in [-0.2, 0) is 6.42 Å². The topological polar surface area (TPSA) is 98.7 Å². The summed E-state index contributed by atoms with van der Waals surface area (Å²) in [5, 5.41) is 14.0. The Kier molecular flexibility index (Phi) is 3.55. The molecule has 24 heavy (non-hydrogen) atoms. The zero-order valence-electron chi connectivity index (χ0n) is 12.8. The largest absolute Gasteiger partial charge is 0.347 e. The van der Waals surface area contributed by atoms with Gasteiger partial charge in [-0.2, -0.15) is 0 Å². The van der Waals surface area contributed by atoms with E-state index in [-0.39, 0.29) is 18.0 Å². The van der Waals surface area contributed by atoms with E-state index in [1.54, 1.807) is 24.3 Å². The van der Waals surface area contributed by atoms with E-state index in [4.69, 9.17) is 5.73 Å². The first-order chi connectivity index (χ1) is 11.7. The van der Waals surface area contributed by atoms with Gasteiger partial charge in [-0.15, -0.1) is 5.10 Å². The van der Waals surface area contributed by atoms with Gasteiger partial charge in [0, 0.05) is 5.56 Å². The number of fused-ring (bicyclic) bond motifs is 1. The Bertz CT molecular complexity index is 859. The lowest BCUT2D eigenvalue weighted by Crippen LogP contribution is -2.40. The number of tetrazole rings is 1. The Labute approximate surface area is 138 Å². The maximum atomic E-state index is 12.5. The van der Waals surface area contributed by atoms with E-state index in [9.17, 15) is 4.79 Å². The number of nitrogens with two attached hydrogens (primary N) is 1. The summed E-state index contributed by atoms with van der Waals surface area (Å²) in [6, 6.07) is 14.9. The number of carbonyl (C=O) groups excluding carboxylic acids is 1.